The van der Waals surface area contributed by atoms with E-state index in [0.717, 1.165) is 35.6 Å². The van der Waals surface area contributed by atoms with E-state index < -0.39 is 11.6 Å². The molecule has 0 aliphatic heterocycles. The van der Waals surface area contributed by atoms with Crippen LogP contribution in [0, 0.1) is 25.5 Å². The number of pyridine rings is 1. The molecule has 7 heteroatoms. The summed E-state index contributed by atoms with van der Waals surface area (Å²) >= 11 is 0.984. The first-order valence-electron chi connectivity index (χ1n) is 6.59. The minimum atomic E-state index is -0.720. The van der Waals surface area contributed by atoms with Crippen LogP contribution in [0.3, 0.4) is 0 Å². The molecule has 0 atom stereocenters. The fourth-order valence-electron chi connectivity index (χ4n) is 1.71. The molecule has 0 aliphatic rings. The second-order valence-electron chi connectivity index (χ2n) is 4.57. The molecule has 0 amide bonds. The molecule has 2 rings (SSSR count). The number of hydrogen-bond donors (Lipinski definition) is 1. The van der Waals surface area contributed by atoms with Gasteiger partial charge in [-0.25, -0.2) is 23.7 Å². The molecule has 0 radical (unpaired) electrons. The number of aryl methyl sites for hydroxylation is 2. The fourth-order valence-corrected chi connectivity index (χ4v) is 2.56. The van der Waals surface area contributed by atoms with E-state index in [-0.39, 0.29) is 10.8 Å². The maximum Gasteiger partial charge on any atom is 0.194 e. The van der Waals surface area contributed by atoms with Crippen LogP contribution in [-0.4, -0.2) is 21.5 Å². The molecule has 2 aromatic heterocycles. The van der Waals surface area contributed by atoms with Gasteiger partial charge in [0.05, 0.1) is 0 Å². The van der Waals surface area contributed by atoms with E-state index in [1.54, 1.807) is 0 Å². The highest BCUT2D eigenvalue weighted by atomic mass is 32.2. The molecule has 4 nitrogen and oxygen atoms in total. The highest BCUT2D eigenvalue weighted by Gasteiger charge is 2.14. The zero-order valence-corrected chi connectivity index (χ0v) is 12.9. The van der Waals surface area contributed by atoms with E-state index in [2.05, 4.69) is 20.3 Å². The van der Waals surface area contributed by atoms with Gasteiger partial charge in [-0.2, -0.15) is 0 Å². The van der Waals surface area contributed by atoms with Crippen molar-refractivity contribution in [3.05, 3.63) is 35.2 Å². The minimum absolute atomic E-state index is 0.0464. The first-order chi connectivity index (χ1) is 9.99. The summed E-state index contributed by atoms with van der Waals surface area (Å²) in [6.45, 7) is 6.19. The third-order valence-corrected chi connectivity index (χ3v) is 3.43. The van der Waals surface area contributed by atoms with Gasteiger partial charge in [0.1, 0.15) is 5.03 Å². The number of aromatic nitrogens is 3. The van der Waals surface area contributed by atoms with Gasteiger partial charge in [0.2, 0.25) is 0 Å². The summed E-state index contributed by atoms with van der Waals surface area (Å²) in [7, 11) is 0. The highest BCUT2D eigenvalue weighted by Crippen LogP contribution is 2.28. The molecular formula is C14H16F2N4S. The predicted molar refractivity (Wildman–Crippen MR) is 78.6 cm³/mol. The summed E-state index contributed by atoms with van der Waals surface area (Å²) < 4.78 is 27.4. The van der Waals surface area contributed by atoms with Crippen molar-refractivity contribution in [1.29, 1.82) is 0 Å². The van der Waals surface area contributed by atoms with E-state index in [4.69, 9.17) is 0 Å². The van der Waals surface area contributed by atoms with Crippen molar-refractivity contribution in [1.82, 2.24) is 15.0 Å². The van der Waals surface area contributed by atoms with E-state index >= 15 is 0 Å². The monoisotopic (exact) mass is 310 g/mol. The smallest absolute Gasteiger partial charge is 0.194 e. The van der Waals surface area contributed by atoms with Crippen LogP contribution in [-0.2, 0) is 0 Å². The average molecular weight is 310 g/mol. The van der Waals surface area contributed by atoms with Crippen molar-refractivity contribution < 1.29 is 8.78 Å². The normalized spacial score (nSPS) is 10.7. The maximum absolute atomic E-state index is 13.8. The molecule has 0 spiro atoms. The van der Waals surface area contributed by atoms with Gasteiger partial charge in [-0.05, 0) is 38.1 Å². The van der Waals surface area contributed by atoms with Crippen LogP contribution < -0.4 is 5.32 Å². The lowest BCUT2D eigenvalue weighted by Crippen LogP contribution is -2.06. The van der Waals surface area contributed by atoms with Gasteiger partial charge >= 0.3 is 0 Å². The molecule has 0 saturated heterocycles. The zero-order valence-electron chi connectivity index (χ0n) is 12.1. The van der Waals surface area contributed by atoms with Gasteiger partial charge in [0.15, 0.2) is 22.6 Å². The number of halogens is 2. The van der Waals surface area contributed by atoms with Gasteiger partial charge in [0, 0.05) is 24.0 Å². The van der Waals surface area contributed by atoms with Gasteiger partial charge in [-0.15, -0.1) is 0 Å². The van der Waals surface area contributed by atoms with Crippen molar-refractivity contribution in [3.8, 4) is 0 Å². The number of nitrogens with one attached hydrogen (secondary N) is 1. The topological polar surface area (TPSA) is 50.7 Å². The molecule has 1 N–H and O–H groups in total. The molecule has 0 aliphatic carbocycles. The van der Waals surface area contributed by atoms with Crippen LogP contribution in [0.15, 0.2) is 22.3 Å². The molecule has 0 unspecified atom stereocenters. The number of hydrogen-bond acceptors (Lipinski definition) is 5. The lowest BCUT2D eigenvalue weighted by molar-refractivity contribution is 0.550. The van der Waals surface area contributed by atoms with Crippen LogP contribution in [0.2, 0.25) is 0 Å². The average Bonchev–Trinajstić information content (AvgIpc) is 2.39. The molecular weight excluding hydrogens is 294 g/mol. The van der Waals surface area contributed by atoms with Crippen LogP contribution in [0.5, 0.6) is 0 Å². The lowest BCUT2D eigenvalue weighted by atomic mass is 10.4. The Morgan fingerprint density at radius 1 is 1.05 bits per heavy atom. The van der Waals surface area contributed by atoms with Gasteiger partial charge in [-0.3, -0.25) is 0 Å². The molecule has 2 aromatic rings. The highest BCUT2D eigenvalue weighted by molar-refractivity contribution is 7.99. The van der Waals surface area contributed by atoms with Crippen molar-refractivity contribution in [2.75, 3.05) is 11.9 Å². The second kappa shape index (κ2) is 6.80. The summed E-state index contributed by atoms with van der Waals surface area (Å²) in [6.07, 6.45) is 0.821. The summed E-state index contributed by atoms with van der Waals surface area (Å²) in [6, 6.07) is 2.66. The Labute approximate surface area is 126 Å². The molecule has 0 bridgehead atoms. The van der Waals surface area contributed by atoms with Crippen molar-refractivity contribution >= 4 is 17.6 Å². The largest absolute Gasteiger partial charge is 0.368 e. The molecule has 2 heterocycles. The molecule has 0 aromatic carbocycles. The van der Waals surface area contributed by atoms with Crippen LogP contribution in [0.25, 0.3) is 0 Å². The second-order valence-corrected chi connectivity index (χ2v) is 5.52. The zero-order chi connectivity index (χ0) is 15.4. The van der Waals surface area contributed by atoms with E-state index in [0.29, 0.717) is 11.7 Å². The van der Waals surface area contributed by atoms with E-state index in [9.17, 15) is 8.78 Å². The van der Waals surface area contributed by atoms with Crippen LogP contribution in [0.1, 0.15) is 24.7 Å². The number of nitrogens with zero attached hydrogens (tertiary/aromatic N) is 3. The van der Waals surface area contributed by atoms with Gasteiger partial charge in [-0.1, -0.05) is 6.92 Å². The Bertz CT molecular complexity index is 629. The lowest BCUT2D eigenvalue weighted by Gasteiger charge is -2.08. The Balaban J connectivity index is 2.30. The molecule has 112 valence electrons. The van der Waals surface area contributed by atoms with Crippen molar-refractivity contribution in [2.24, 2.45) is 0 Å². The van der Waals surface area contributed by atoms with Crippen LogP contribution >= 0.6 is 11.8 Å². The quantitative estimate of drug-likeness (QED) is 0.853. The molecule has 21 heavy (non-hydrogen) atoms. The Morgan fingerprint density at radius 3 is 2.33 bits per heavy atom. The predicted octanol–water partition coefficient (Wildman–Crippen LogP) is 3.74. The van der Waals surface area contributed by atoms with E-state index in [1.165, 1.54) is 0 Å². The first kappa shape index (κ1) is 15.6. The molecule has 0 fully saturated rings. The van der Waals surface area contributed by atoms with Crippen molar-refractivity contribution in [2.45, 2.75) is 37.4 Å². The number of anilines is 1. The van der Waals surface area contributed by atoms with Gasteiger partial charge < -0.3 is 5.32 Å². The first-order valence-corrected chi connectivity index (χ1v) is 7.41. The minimum Gasteiger partial charge on any atom is -0.368 e. The summed E-state index contributed by atoms with van der Waals surface area (Å²) in [4.78, 5) is 12.4. The maximum atomic E-state index is 13.8. The summed E-state index contributed by atoms with van der Waals surface area (Å²) in [5, 5.41) is 3.28. The van der Waals surface area contributed by atoms with Crippen molar-refractivity contribution in [3.63, 3.8) is 0 Å². The summed E-state index contributed by atoms with van der Waals surface area (Å²) in [5.74, 6) is -1.38. The number of rotatable bonds is 5. The van der Waals surface area contributed by atoms with Gasteiger partial charge in [0.25, 0.3) is 0 Å². The van der Waals surface area contributed by atoms with E-state index in [1.807, 2.05) is 26.8 Å². The Hall–Kier alpha value is -1.76. The fraction of sp³-hybridized carbons (Fsp3) is 0.357. The Morgan fingerprint density at radius 2 is 1.71 bits per heavy atom. The van der Waals surface area contributed by atoms with Crippen LogP contribution in [0.4, 0.5) is 14.6 Å². The SMILES string of the molecule is CCCNc1nc(Sc2nc(C)cc(C)n2)c(F)cc1F. The Kier molecular flexibility index (Phi) is 5.06. The third kappa shape index (κ3) is 4.10. The summed E-state index contributed by atoms with van der Waals surface area (Å²) in [5.41, 5.74) is 1.58. The standard InChI is InChI=1S/C14H16F2N4S/c1-4-5-17-12-10(15)7-11(16)13(20-12)21-14-18-8(2)6-9(3)19-14/h6-7H,4-5H2,1-3H3,(H,17,20). The molecule has 0 saturated carbocycles. The third-order valence-electron chi connectivity index (χ3n) is 2.59.